The molecule has 1 amide bonds. The molecule has 2 atom stereocenters. The van der Waals surface area contributed by atoms with Gasteiger partial charge >= 0.3 is 0 Å². The summed E-state index contributed by atoms with van der Waals surface area (Å²) in [7, 11) is 0. The molecule has 0 aromatic rings. The summed E-state index contributed by atoms with van der Waals surface area (Å²) in [5.41, 5.74) is 0. The van der Waals surface area contributed by atoms with Gasteiger partial charge in [-0.05, 0) is 31.6 Å². The normalized spacial score (nSPS) is 32.9. The Morgan fingerprint density at radius 1 is 1.36 bits per heavy atom. The fourth-order valence-corrected chi connectivity index (χ4v) is 3.18. The molecular weight excluding hydrogens is 196 g/mol. The monoisotopic (exact) mass is 214 g/mol. The lowest BCUT2D eigenvalue weighted by atomic mass is 10.0. The molecule has 0 aromatic carbocycles. The molecule has 2 rings (SSSR count). The first kappa shape index (κ1) is 10.3. The summed E-state index contributed by atoms with van der Waals surface area (Å²) >= 11 is 1.94. The van der Waals surface area contributed by atoms with E-state index in [0.29, 0.717) is 6.04 Å². The zero-order chi connectivity index (χ0) is 9.80. The molecule has 0 saturated carbocycles. The third-order valence-corrected chi connectivity index (χ3v) is 4.07. The Bertz CT molecular complexity index is 198. The van der Waals surface area contributed by atoms with E-state index in [4.69, 9.17) is 0 Å². The van der Waals surface area contributed by atoms with Gasteiger partial charge in [0, 0.05) is 11.8 Å². The molecule has 2 fully saturated rings. The van der Waals surface area contributed by atoms with Gasteiger partial charge in [0.25, 0.3) is 0 Å². The van der Waals surface area contributed by atoms with Crippen LogP contribution in [0.25, 0.3) is 0 Å². The van der Waals surface area contributed by atoms with Crippen LogP contribution in [-0.4, -0.2) is 36.0 Å². The summed E-state index contributed by atoms with van der Waals surface area (Å²) in [5.74, 6) is 2.51. The minimum Gasteiger partial charge on any atom is -0.351 e. The van der Waals surface area contributed by atoms with Crippen LogP contribution < -0.4 is 10.6 Å². The molecule has 2 heterocycles. The molecule has 2 unspecified atom stereocenters. The molecule has 0 bridgehead atoms. The zero-order valence-electron chi connectivity index (χ0n) is 8.42. The van der Waals surface area contributed by atoms with E-state index in [2.05, 4.69) is 10.6 Å². The van der Waals surface area contributed by atoms with Gasteiger partial charge in [0.15, 0.2) is 0 Å². The van der Waals surface area contributed by atoms with E-state index in [0.717, 1.165) is 25.1 Å². The Balaban J connectivity index is 1.75. The molecule has 14 heavy (non-hydrogen) atoms. The average Bonchev–Trinajstić information content (AvgIpc) is 2.72. The predicted molar refractivity (Wildman–Crippen MR) is 59.5 cm³/mol. The number of thioether (sulfide) groups is 1. The number of carbonyl (C=O) groups is 1. The first-order chi connectivity index (χ1) is 6.86. The van der Waals surface area contributed by atoms with Gasteiger partial charge < -0.3 is 10.6 Å². The van der Waals surface area contributed by atoms with Crippen LogP contribution in [0.3, 0.4) is 0 Å². The number of carbonyl (C=O) groups excluding carboxylic acids is 1. The highest BCUT2D eigenvalue weighted by Gasteiger charge is 2.24. The van der Waals surface area contributed by atoms with Gasteiger partial charge in [-0.25, -0.2) is 0 Å². The molecule has 0 aromatic heterocycles. The summed E-state index contributed by atoms with van der Waals surface area (Å²) < 4.78 is 0. The van der Waals surface area contributed by atoms with Gasteiger partial charge in [-0.15, -0.1) is 0 Å². The van der Waals surface area contributed by atoms with Gasteiger partial charge in [0.1, 0.15) is 0 Å². The van der Waals surface area contributed by atoms with E-state index in [-0.39, 0.29) is 11.9 Å². The summed E-state index contributed by atoms with van der Waals surface area (Å²) in [4.78, 5) is 11.8. The Labute approximate surface area is 89.4 Å². The van der Waals surface area contributed by atoms with Crippen molar-refractivity contribution in [3.63, 3.8) is 0 Å². The van der Waals surface area contributed by atoms with Crippen LogP contribution in [0.15, 0.2) is 0 Å². The van der Waals surface area contributed by atoms with E-state index >= 15 is 0 Å². The largest absolute Gasteiger partial charge is 0.351 e. The van der Waals surface area contributed by atoms with Gasteiger partial charge in [-0.1, -0.05) is 6.42 Å². The number of hydrogen-bond donors (Lipinski definition) is 2. The van der Waals surface area contributed by atoms with Crippen molar-refractivity contribution in [2.75, 3.05) is 18.1 Å². The van der Waals surface area contributed by atoms with Gasteiger partial charge in [-0.3, -0.25) is 4.79 Å². The highest BCUT2D eigenvalue weighted by atomic mass is 32.2. The Kier molecular flexibility index (Phi) is 3.70. The highest BCUT2D eigenvalue weighted by molar-refractivity contribution is 7.99. The second-order valence-electron chi connectivity index (χ2n) is 4.07. The molecule has 2 aliphatic heterocycles. The standard InChI is InChI=1S/C10H18N2OS/c13-10(9-3-1-2-5-11-9)12-8-4-6-14-7-8/h8-9,11H,1-7H2,(H,12,13). The number of nitrogens with one attached hydrogen (secondary N) is 2. The second kappa shape index (κ2) is 5.03. The molecular formula is C10H18N2OS. The van der Waals surface area contributed by atoms with Crippen LogP contribution in [0.4, 0.5) is 0 Å². The minimum atomic E-state index is 0.0781. The maximum absolute atomic E-state index is 11.8. The van der Waals surface area contributed by atoms with Crippen molar-refractivity contribution in [3.05, 3.63) is 0 Å². The quantitative estimate of drug-likeness (QED) is 0.713. The number of hydrogen-bond acceptors (Lipinski definition) is 3. The van der Waals surface area contributed by atoms with E-state index in [1.807, 2.05) is 11.8 Å². The number of rotatable bonds is 2. The Hall–Kier alpha value is -0.220. The molecule has 2 saturated heterocycles. The van der Waals surface area contributed by atoms with Gasteiger partial charge in [0.05, 0.1) is 6.04 Å². The highest BCUT2D eigenvalue weighted by Crippen LogP contribution is 2.17. The number of piperidine rings is 1. The van der Waals surface area contributed by atoms with Gasteiger partial charge in [0.2, 0.25) is 5.91 Å². The smallest absolute Gasteiger partial charge is 0.237 e. The third kappa shape index (κ3) is 2.64. The van der Waals surface area contributed by atoms with Crippen LogP contribution in [0.1, 0.15) is 25.7 Å². The fourth-order valence-electron chi connectivity index (χ4n) is 2.03. The summed E-state index contributed by atoms with van der Waals surface area (Å²) in [6.45, 7) is 0.998. The molecule has 80 valence electrons. The average molecular weight is 214 g/mol. The maximum Gasteiger partial charge on any atom is 0.237 e. The molecule has 0 radical (unpaired) electrons. The van der Waals surface area contributed by atoms with Crippen LogP contribution in [0.2, 0.25) is 0 Å². The lowest BCUT2D eigenvalue weighted by Gasteiger charge is -2.24. The molecule has 2 aliphatic rings. The second-order valence-corrected chi connectivity index (χ2v) is 5.22. The number of amides is 1. The van der Waals surface area contributed by atoms with Crippen molar-refractivity contribution >= 4 is 17.7 Å². The summed E-state index contributed by atoms with van der Waals surface area (Å²) in [6.07, 6.45) is 4.54. The Morgan fingerprint density at radius 3 is 2.93 bits per heavy atom. The SMILES string of the molecule is O=C(NC1CCSC1)C1CCCCN1. The van der Waals surface area contributed by atoms with E-state index in [1.165, 1.54) is 18.6 Å². The fraction of sp³-hybridized carbons (Fsp3) is 0.900. The van der Waals surface area contributed by atoms with Crippen molar-refractivity contribution in [1.82, 2.24) is 10.6 Å². The molecule has 3 nitrogen and oxygen atoms in total. The maximum atomic E-state index is 11.8. The molecule has 4 heteroatoms. The van der Waals surface area contributed by atoms with Crippen LogP contribution in [0.5, 0.6) is 0 Å². The first-order valence-electron chi connectivity index (χ1n) is 5.48. The van der Waals surface area contributed by atoms with Crippen molar-refractivity contribution in [2.24, 2.45) is 0 Å². The van der Waals surface area contributed by atoms with Crippen LogP contribution in [0, 0.1) is 0 Å². The third-order valence-electron chi connectivity index (χ3n) is 2.90. The summed E-state index contributed by atoms with van der Waals surface area (Å²) in [6, 6.07) is 0.505. The van der Waals surface area contributed by atoms with Crippen molar-refractivity contribution in [1.29, 1.82) is 0 Å². The van der Waals surface area contributed by atoms with E-state index in [9.17, 15) is 4.79 Å². The van der Waals surface area contributed by atoms with Crippen molar-refractivity contribution in [2.45, 2.75) is 37.8 Å². The van der Waals surface area contributed by atoms with E-state index in [1.54, 1.807) is 0 Å². The molecule has 0 spiro atoms. The van der Waals surface area contributed by atoms with Gasteiger partial charge in [-0.2, -0.15) is 11.8 Å². The topological polar surface area (TPSA) is 41.1 Å². The van der Waals surface area contributed by atoms with Crippen molar-refractivity contribution in [3.8, 4) is 0 Å². The van der Waals surface area contributed by atoms with Crippen LogP contribution in [-0.2, 0) is 4.79 Å². The van der Waals surface area contributed by atoms with E-state index < -0.39 is 0 Å². The Morgan fingerprint density at radius 2 is 2.29 bits per heavy atom. The van der Waals surface area contributed by atoms with Crippen LogP contribution >= 0.6 is 11.8 Å². The molecule has 0 aliphatic carbocycles. The minimum absolute atomic E-state index is 0.0781. The lowest BCUT2D eigenvalue weighted by Crippen LogP contribution is -2.49. The summed E-state index contributed by atoms with van der Waals surface area (Å²) in [5, 5.41) is 6.40. The van der Waals surface area contributed by atoms with Crippen molar-refractivity contribution < 1.29 is 4.79 Å². The lowest BCUT2D eigenvalue weighted by molar-refractivity contribution is -0.124. The molecule has 2 N–H and O–H groups in total. The zero-order valence-corrected chi connectivity index (χ0v) is 9.24. The predicted octanol–water partition coefficient (Wildman–Crippen LogP) is 0.750. The first-order valence-corrected chi connectivity index (χ1v) is 6.63.